The lowest BCUT2D eigenvalue weighted by Gasteiger charge is -2.42. The predicted octanol–water partition coefficient (Wildman–Crippen LogP) is 12.9. The topological polar surface area (TPSA) is 194 Å². The van der Waals surface area contributed by atoms with E-state index in [0.717, 1.165) is 151 Å². The van der Waals surface area contributed by atoms with E-state index in [9.17, 15) is 28.8 Å². The van der Waals surface area contributed by atoms with Crippen LogP contribution >= 0.6 is 0 Å². The van der Waals surface area contributed by atoms with Crippen LogP contribution in [0.25, 0.3) is 0 Å². The summed E-state index contributed by atoms with van der Waals surface area (Å²) in [5.74, 6) is -0.215. The molecular formula is C71H97N7O10. The molecule has 0 unspecified atom stereocenters. The van der Waals surface area contributed by atoms with Crippen molar-refractivity contribution in [1.82, 2.24) is 19.8 Å². The Hall–Kier alpha value is -6.98. The van der Waals surface area contributed by atoms with Crippen LogP contribution in [-0.2, 0) is 44.6 Å². The second-order valence-electron chi connectivity index (χ2n) is 24.9. The maximum absolute atomic E-state index is 13.7. The summed E-state index contributed by atoms with van der Waals surface area (Å²) in [7, 11) is 0. The van der Waals surface area contributed by atoms with Gasteiger partial charge in [-0.1, -0.05) is 99.9 Å². The van der Waals surface area contributed by atoms with Crippen LogP contribution in [0.15, 0.2) is 108 Å². The van der Waals surface area contributed by atoms with Crippen molar-refractivity contribution in [3.05, 3.63) is 126 Å². The molecule has 5 aliphatic rings. The molecule has 4 aromatic rings. The number of anilines is 3. The SMILES string of the molecule is CCOC(=O)C(CCC1(CCN2CCC(N(C(=O)C3=CC=CC3)c3ccc(C)cn3)CC2)CCCCC1)(C(=O)OCC)C(=O)OCC.Cc1ccc(N(C(=O)c2ccco2)C2CCN(CCCc3ccccc3NC(=O)CCC3CCCCC3)CC2)nc1. The molecule has 1 aromatic carbocycles. The second-order valence-corrected chi connectivity index (χ2v) is 24.9. The first-order chi connectivity index (χ1) is 42.8. The molecular weight excluding hydrogens is 1110 g/mol. The van der Waals surface area contributed by atoms with Gasteiger partial charge >= 0.3 is 17.9 Å². The van der Waals surface area contributed by atoms with Gasteiger partial charge in [0.15, 0.2) is 5.76 Å². The van der Waals surface area contributed by atoms with Crippen molar-refractivity contribution >= 4 is 53.0 Å². The van der Waals surface area contributed by atoms with Crippen LogP contribution in [0.3, 0.4) is 0 Å². The van der Waals surface area contributed by atoms with Crippen LogP contribution in [-0.4, -0.2) is 127 Å². The summed E-state index contributed by atoms with van der Waals surface area (Å²) >= 11 is 0. The van der Waals surface area contributed by atoms with Gasteiger partial charge in [-0.3, -0.25) is 38.6 Å². The lowest BCUT2D eigenvalue weighted by molar-refractivity contribution is -0.185. The van der Waals surface area contributed by atoms with Gasteiger partial charge in [-0.2, -0.15) is 0 Å². The highest BCUT2D eigenvalue weighted by molar-refractivity contribution is 6.18. The molecule has 17 nitrogen and oxygen atoms in total. The molecule has 4 fully saturated rings. The van der Waals surface area contributed by atoms with E-state index in [0.29, 0.717) is 36.7 Å². The Morgan fingerprint density at radius 3 is 1.76 bits per heavy atom. The molecule has 2 saturated carbocycles. The number of rotatable bonds is 26. The zero-order valence-electron chi connectivity index (χ0n) is 53.2. The molecule has 476 valence electrons. The third-order valence-electron chi connectivity index (χ3n) is 18.8. The number of ether oxygens (including phenoxy) is 3. The largest absolute Gasteiger partial charge is 0.465 e. The fraction of sp³-hybridized carbons (Fsp3) is 0.577. The molecule has 1 N–H and O–H groups in total. The van der Waals surface area contributed by atoms with E-state index in [1.807, 2.05) is 90.7 Å². The van der Waals surface area contributed by atoms with Crippen LogP contribution in [0, 0.1) is 30.6 Å². The molecule has 88 heavy (non-hydrogen) atoms. The summed E-state index contributed by atoms with van der Waals surface area (Å²) in [5, 5.41) is 3.19. The van der Waals surface area contributed by atoms with Gasteiger partial charge in [0.05, 0.1) is 26.1 Å². The highest BCUT2D eigenvalue weighted by Crippen LogP contribution is 2.47. The molecule has 5 heterocycles. The van der Waals surface area contributed by atoms with Gasteiger partial charge in [-0.25, -0.2) is 9.97 Å². The standard InChI is InChI=1S/C37H53N3O7.C34H44N4O3/c1-5-45-33(42)37(34(43)46-6-2,35(44)47-7-3)22-21-36(19-11-8-12-20-36)23-26-39-24-17-30(18-25-39)40(31-16-15-28(4)27-38-31)32(41)29-13-9-10-14-29;1-26-15-17-32(35-25-26)38(34(40)31-14-8-24-41-31)29-19-22-37(23-20-29)21-7-12-28-11-5-6-13-30(28)36-33(39)18-16-27-9-3-2-4-10-27/h9-10,13,15-16,27,30H,5-8,11-12,14,17-26H2,1-4H3;5-6,8,11,13-15,17,24-25,27,29H,2-4,7,9-10,12,16,18-23H2,1H3,(H,36,39). The third-order valence-corrected chi connectivity index (χ3v) is 18.8. The number of hydrogen-bond donors (Lipinski definition) is 1. The van der Waals surface area contributed by atoms with Gasteiger partial charge in [0.1, 0.15) is 11.6 Å². The van der Waals surface area contributed by atoms with Crippen LogP contribution in [0.4, 0.5) is 17.3 Å². The number of hydrogen-bond acceptors (Lipinski definition) is 14. The Labute approximate surface area is 522 Å². The number of nitrogens with one attached hydrogen (secondary N) is 1. The van der Waals surface area contributed by atoms with Gasteiger partial charge in [0, 0.05) is 68.3 Å². The Bertz CT molecular complexity index is 2890. The third kappa shape index (κ3) is 18.1. The van der Waals surface area contributed by atoms with E-state index in [1.165, 1.54) is 43.9 Å². The number of carbonyl (C=O) groups excluding carboxylic acids is 6. The molecule has 3 aliphatic carbocycles. The first-order valence-electron chi connectivity index (χ1n) is 33.0. The maximum Gasteiger partial charge on any atom is 0.335 e. The van der Waals surface area contributed by atoms with Crippen molar-refractivity contribution in [2.24, 2.45) is 16.7 Å². The van der Waals surface area contributed by atoms with Crippen molar-refractivity contribution in [1.29, 1.82) is 0 Å². The molecule has 2 aliphatic heterocycles. The van der Waals surface area contributed by atoms with Gasteiger partial charge in [0.25, 0.3) is 17.2 Å². The highest BCUT2D eigenvalue weighted by Gasteiger charge is 2.58. The number of nitrogens with zero attached hydrogens (tertiary/aromatic N) is 6. The summed E-state index contributed by atoms with van der Waals surface area (Å²) < 4.78 is 21.3. The lowest BCUT2D eigenvalue weighted by Crippen LogP contribution is -2.50. The fourth-order valence-electron chi connectivity index (χ4n) is 13.7. The van der Waals surface area contributed by atoms with Crippen LogP contribution in [0.2, 0.25) is 0 Å². The minimum Gasteiger partial charge on any atom is -0.465 e. The number of aryl methyl sites for hydroxylation is 3. The quantitative estimate of drug-likeness (QED) is 0.0354. The average molecular weight is 1210 g/mol. The van der Waals surface area contributed by atoms with E-state index in [4.69, 9.17) is 18.6 Å². The normalized spacial score (nSPS) is 17.7. The molecule has 3 aromatic heterocycles. The molecule has 9 rings (SSSR count). The van der Waals surface area contributed by atoms with Crippen molar-refractivity contribution < 1.29 is 47.4 Å². The number of benzene rings is 1. The number of carbonyl (C=O) groups is 6. The zero-order chi connectivity index (χ0) is 62.3. The molecule has 17 heteroatoms. The van der Waals surface area contributed by atoms with E-state index in [2.05, 4.69) is 37.2 Å². The van der Waals surface area contributed by atoms with Crippen molar-refractivity contribution in [2.75, 3.05) is 74.2 Å². The Morgan fingerprint density at radius 1 is 0.659 bits per heavy atom. The zero-order valence-corrected chi connectivity index (χ0v) is 53.2. The van der Waals surface area contributed by atoms with E-state index >= 15 is 0 Å². The molecule has 3 amide bonds. The summed E-state index contributed by atoms with van der Waals surface area (Å²) in [5.41, 5.74) is 2.81. The Balaban J connectivity index is 0.000000230. The summed E-state index contributed by atoms with van der Waals surface area (Å²) in [6.45, 7) is 14.5. The number of para-hydroxylation sites is 1. The predicted molar refractivity (Wildman–Crippen MR) is 343 cm³/mol. The van der Waals surface area contributed by atoms with Crippen molar-refractivity contribution in [3.8, 4) is 0 Å². The van der Waals surface area contributed by atoms with Gasteiger partial charge < -0.3 is 33.7 Å². The number of furan rings is 1. The number of amides is 3. The molecule has 0 atom stereocenters. The van der Waals surface area contributed by atoms with Crippen LogP contribution < -0.4 is 15.1 Å². The number of esters is 3. The smallest absolute Gasteiger partial charge is 0.335 e. The number of likely N-dealkylation sites (tertiary alicyclic amines) is 2. The highest BCUT2D eigenvalue weighted by atomic mass is 16.6. The monoisotopic (exact) mass is 1210 g/mol. The molecule has 0 radical (unpaired) electrons. The average Bonchev–Trinajstić information content (AvgIpc) is 2.75. The van der Waals surface area contributed by atoms with Gasteiger partial charge in [-0.05, 0) is 190 Å². The van der Waals surface area contributed by atoms with Crippen LogP contribution in [0.1, 0.15) is 183 Å². The first-order valence-corrected chi connectivity index (χ1v) is 33.0. The minimum atomic E-state index is -2.13. The first kappa shape index (κ1) is 67.0. The van der Waals surface area contributed by atoms with Gasteiger partial charge in [0.2, 0.25) is 5.91 Å². The number of pyridine rings is 2. The van der Waals surface area contributed by atoms with Crippen molar-refractivity contribution in [3.63, 3.8) is 0 Å². The summed E-state index contributed by atoms with van der Waals surface area (Å²) in [6.07, 6.45) is 31.9. The maximum atomic E-state index is 13.7. The van der Waals surface area contributed by atoms with Crippen molar-refractivity contribution in [2.45, 2.75) is 188 Å². The summed E-state index contributed by atoms with van der Waals surface area (Å²) in [4.78, 5) is 97.7. The number of allylic oxidation sites excluding steroid dienone is 3. The number of aromatic nitrogens is 2. The molecule has 0 bridgehead atoms. The van der Waals surface area contributed by atoms with E-state index in [-0.39, 0.29) is 61.5 Å². The minimum absolute atomic E-state index is 0.00307. The molecule has 0 spiro atoms. The Kier molecular flexibility index (Phi) is 25.5. The Morgan fingerprint density at radius 2 is 1.23 bits per heavy atom. The van der Waals surface area contributed by atoms with E-state index < -0.39 is 23.3 Å². The molecule has 2 saturated heterocycles. The van der Waals surface area contributed by atoms with Crippen LogP contribution in [0.5, 0.6) is 0 Å². The summed E-state index contributed by atoms with van der Waals surface area (Å²) in [6, 6.07) is 19.7. The van der Waals surface area contributed by atoms with Gasteiger partial charge in [-0.15, -0.1) is 0 Å². The number of piperidine rings is 2. The fourth-order valence-corrected chi connectivity index (χ4v) is 13.7. The lowest BCUT2D eigenvalue weighted by atomic mass is 9.66. The second kappa shape index (κ2) is 33.6. The van der Waals surface area contributed by atoms with E-state index in [1.54, 1.807) is 32.9 Å².